The molecule has 1 aromatic heterocycles. The first kappa shape index (κ1) is 8.67. The Kier molecular flexibility index (Phi) is 2.76. The molecule has 1 amide bonds. The van der Waals surface area contributed by atoms with Gasteiger partial charge in [0, 0.05) is 18.4 Å². The first-order valence-corrected chi connectivity index (χ1v) is 3.64. The van der Waals surface area contributed by atoms with Crippen LogP contribution in [0.4, 0.5) is 0 Å². The van der Waals surface area contributed by atoms with Crippen molar-refractivity contribution in [2.45, 2.75) is 13.0 Å². The van der Waals surface area contributed by atoms with Crippen LogP contribution >= 0.6 is 0 Å². The van der Waals surface area contributed by atoms with Crippen molar-refractivity contribution >= 4 is 5.91 Å². The number of primary amides is 1. The molecule has 1 aromatic rings. The van der Waals surface area contributed by atoms with Crippen LogP contribution in [0.25, 0.3) is 0 Å². The number of hydrogen-bond acceptors (Lipinski definition) is 3. The van der Waals surface area contributed by atoms with Gasteiger partial charge in [0.05, 0.1) is 6.42 Å². The zero-order valence-corrected chi connectivity index (χ0v) is 6.66. The average molecular weight is 165 g/mol. The van der Waals surface area contributed by atoms with Crippen molar-refractivity contribution in [3.05, 3.63) is 29.6 Å². The van der Waals surface area contributed by atoms with Gasteiger partial charge in [-0.3, -0.25) is 9.78 Å². The van der Waals surface area contributed by atoms with Gasteiger partial charge in [0.2, 0.25) is 5.91 Å². The number of aromatic nitrogens is 1. The minimum atomic E-state index is -0.372. The summed E-state index contributed by atoms with van der Waals surface area (Å²) in [6, 6.07) is 3.60. The van der Waals surface area contributed by atoms with E-state index in [2.05, 4.69) is 4.98 Å². The molecule has 64 valence electrons. The van der Waals surface area contributed by atoms with E-state index in [9.17, 15) is 4.79 Å². The van der Waals surface area contributed by atoms with Gasteiger partial charge in [-0.25, -0.2) is 0 Å². The van der Waals surface area contributed by atoms with Crippen molar-refractivity contribution in [3.8, 4) is 0 Å². The van der Waals surface area contributed by atoms with Gasteiger partial charge in [0.1, 0.15) is 0 Å². The summed E-state index contributed by atoms with van der Waals surface area (Å²) in [5.41, 5.74) is 12.0. The Morgan fingerprint density at radius 3 is 2.67 bits per heavy atom. The van der Waals surface area contributed by atoms with E-state index in [1.165, 1.54) is 0 Å². The molecule has 4 heteroatoms. The van der Waals surface area contributed by atoms with Crippen LogP contribution in [0.3, 0.4) is 0 Å². The van der Waals surface area contributed by atoms with Crippen molar-refractivity contribution in [1.29, 1.82) is 0 Å². The quantitative estimate of drug-likeness (QED) is 0.637. The van der Waals surface area contributed by atoms with E-state index in [0.29, 0.717) is 12.2 Å². The number of nitrogens with zero attached hydrogens (tertiary/aromatic N) is 1. The second-order valence-electron chi connectivity index (χ2n) is 2.50. The monoisotopic (exact) mass is 165 g/mol. The summed E-state index contributed by atoms with van der Waals surface area (Å²) in [6.45, 7) is 0.462. The van der Waals surface area contributed by atoms with Crippen molar-refractivity contribution in [1.82, 2.24) is 4.98 Å². The van der Waals surface area contributed by atoms with Gasteiger partial charge < -0.3 is 11.5 Å². The number of rotatable bonds is 3. The highest BCUT2D eigenvalue weighted by molar-refractivity contribution is 5.76. The zero-order chi connectivity index (χ0) is 8.97. The lowest BCUT2D eigenvalue weighted by Gasteiger charge is -1.98. The fourth-order valence-corrected chi connectivity index (χ4v) is 0.859. The third-order valence-corrected chi connectivity index (χ3v) is 1.48. The lowest BCUT2D eigenvalue weighted by Crippen LogP contribution is -2.14. The molecule has 0 saturated carbocycles. The molecule has 0 aliphatic rings. The molecule has 0 aromatic carbocycles. The molecule has 12 heavy (non-hydrogen) atoms. The predicted molar refractivity (Wildman–Crippen MR) is 45.0 cm³/mol. The van der Waals surface area contributed by atoms with Crippen molar-refractivity contribution in [2.75, 3.05) is 0 Å². The maximum absolute atomic E-state index is 10.5. The lowest BCUT2D eigenvalue weighted by molar-refractivity contribution is -0.117. The molecular weight excluding hydrogens is 154 g/mol. The third kappa shape index (κ3) is 2.32. The molecule has 4 nitrogen and oxygen atoms in total. The summed E-state index contributed by atoms with van der Waals surface area (Å²) in [7, 11) is 0. The highest BCUT2D eigenvalue weighted by atomic mass is 16.1. The van der Waals surface area contributed by atoms with Gasteiger partial charge in [-0.2, -0.15) is 0 Å². The van der Waals surface area contributed by atoms with E-state index in [1.807, 2.05) is 6.07 Å². The largest absolute Gasteiger partial charge is 0.369 e. The summed E-state index contributed by atoms with van der Waals surface area (Å²) in [5.74, 6) is -0.372. The van der Waals surface area contributed by atoms with E-state index in [4.69, 9.17) is 11.5 Å². The smallest absolute Gasteiger partial charge is 0.223 e. The van der Waals surface area contributed by atoms with Crippen molar-refractivity contribution in [3.63, 3.8) is 0 Å². The van der Waals surface area contributed by atoms with Crippen molar-refractivity contribution in [2.24, 2.45) is 11.5 Å². The second-order valence-corrected chi connectivity index (χ2v) is 2.50. The first-order valence-electron chi connectivity index (χ1n) is 3.64. The Hall–Kier alpha value is -1.42. The Morgan fingerprint density at radius 2 is 2.25 bits per heavy atom. The summed E-state index contributed by atoms with van der Waals surface area (Å²) in [4.78, 5) is 14.5. The summed E-state index contributed by atoms with van der Waals surface area (Å²) in [6.07, 6.45) is 1.84. The Bertz CT molecular complexity index is 268. The van der Waals surface area contributed by atoms with E-state index < -0.39 is 0 Å². The van der Waals surface area contributed by atoms with E-state index in [-0.39, 0.29) is 12.3 Å². The lowest BCUT2D eigenvalue weighted by atomic mass is 10.2. The molecule has 0 atom stereocenters. The Morgan fingerprint density at radius 1 is 1.50 bits per heavy atom. The average Bonchev–Trinajstić information content (AvgIpc) is 2.05. The SMILES string of the molecule is NCc1ccc(CC(N)=O)nc1. The van der Waals surface area contributed by atoms with Crippen LogP contribution in [0.2, 0.25) is 0 Å². The number of nitrogens with two attached hydrogens (primary N) is 2. The molecule has 0 radical (unpaired) electrons. The molecule has 0 unspecified atom stereocenters. The number of pyridine rings is 1. The molecule has 0 saturated heterocycles. The second kappa shape index (κ2) is 3.82. The molecule has 0 spiro atoms. The summed E-state index contributed by atoms with van der Waals surface area (Å²) < 4.78 is 0. The zero-order valence-electron chi connectivity index (χ0n) is 6.66. The number of carbonyl (C=O) groups is 1. The standard InChI is InChI=1S/C8H11N3O/c9-4-6-1-2-7(11-5-6)3-8(10)12/h1-2,5H,3-4,9H2,(H2,10,12). The molecule has 0 aliphatic heterocycles. The summed E-state index contributed by atoms with van der Waals surface area (Å²) in [5, 5.41) is 0. The van der Waals surface area contributed by atoms with Crippen LogP contribution in [0, 0.1) is 0 Å². The maximum atomic E-state index is 10.5. The number of carbonyl (C=O) groups excluding carboxylic acids is 1. The first-order chi connectivity index (χ1) is 5.72. The maximum Gasteiger partial charge on any atom is 0.223 e. The fourth-order valence-electron chi connectivity index (χ4n) is 0.859. The predicted octanol–water partition coefficient (Wildman–Crippen LogP) is -0.432. The van der Waals surface area contributed by atoms with E-state index >= 15 is 0 Å². The van der Waals surface area contributed by atoms with Crippen molar-refractivity contribution < 1.29 is 4.79 Å². The van der Waals surface area contributed by atoms with Gasteiger partial charge in [-0.15, -0.1) is 0 Å². The molecule has 1 heterocycles. The third-order valence-electron chi connectivity index (χ3n) is 1.48. The fraction of sp³-hybridized carbons (Fsp3) is 0.250. The highest BCUT2D eigenvalue weighted by Gasteiger charge is 1.98. The molecule has 1 rings (SSSR count). The number of amides is 1. The van der Waals surface area contributed by atoms with Crippen LogP contribution in [0.5, 0.6) is 0 Å². The molecule has 0 bridgehead atoms. The van der Waals surface area contributed by atoms with Gasteiger partial charge >= 0.3 is 0 Å². The van der Waals surface area contributed by atoms with Gasteiger partial charge in [0.25, 0.3) is 0 Å². The number of hydrogen-bond donors (Lipinski definition) is 2. The van der Waals surface area contributed by atoms with Crippen LogP contribution in [-0.4, -0.2) is 10.9 Å². The molecular formula is C8H11N3O. The normalized spacial score (nSPS) is 9.75. The van der Waals surface area contributed by atoms with Crippen LogP contribution < -0.4 is 11.5 Å². The minimum absolute atomic E-state index is 0.185. The Labute approximate surface area is 70.6 Å². The molecule has 0 fully saturated rings. The van der Waals surface area contributed by atoms with Crippen LogP contribution in [0.1, 0.15) is 11.3 Å². The highest BCUT2D eigenvalue weighted by Crippen LogP contribution is 1.99. The topological polar surface area (TPSA) is 82.0 Å². The van der Waals surface area contributed by atoms with Gasteiger partial charge in [-0.05, 0) is 11.6 Å². The summed E-state index contributed by atoms with van der Waals surface area (Å²) >= 11 is 0. The molecule has 0 aliphatic carbocycles. The molecule has 4 N–H and O–H groups in total. The van der Waals surface area contributed by atoms with E-state index in [0.717, 1.165) is 5.56 Å². The minimum Gasteiger partial charge on any atom is -0.369 e. The van der Waals surface area contributed by atoms with Crippen LogP contribution in [-0.2, 0) is 17.8 Å². The van der Waals surface area contributed by atoms with Gasteiger partial charge in [-0.1, -0.05) is 6.07 Å². The van der Waals surface area contributed by atoms with Gasteiger partial charge in [0.15, 0.2) is 0 Å². The van der Waals surface area contributed by atoms with E-state index in [1.54, 1.807) is 12.3 Å². The Balaban J connectivity index is 2.71. The van der Waals surface area contributed by atoms with Crippen LogP contribution in [0.15, 0.2) is 18.3 Å².